The van der Waals surface area contributed by atoms with Gasteiger partial charge in [0.15, 0.2) is 5.96 Å². The first-order chi connectivity index (χ1) is 25.0. The van der Waals surface area contributed by atoms with Crippen molar-refractivity contribution >= 4 is 46.4 Å². The number of carbonyl (C=O) groups excluding carboxylic acids is 5. The predicted octanol–water partition coefficient (Wildman–Crippen LogP) is 0.0240. The molecule has 2 heterocycles. The molecule has 0 aliphatic carbocycles. The van der Waals surface area contributed by atoms with Crippen molar-refractivity contribution in [3.63, 3.8) is 0 Å². The Kier molecular flexibility index (Phi) is 12.4. The fourth-order valence-corrected chi connectivity index (χ4v) is 5.99. The molecule has 4 aromatic rings. The molecule has 1 saturated heterocycles. The molecule has 1 unspecified atom stereocenters. The van der Waals surface area contributed by atoms with Crippen molar-refractivity contribution in [2.45, 2.75) is 56.3 Å². The molecule has 5 rings (SSSR count). The van der Waals surface area contributed by atoms with Crippen LogP contribution in [-0.2, 0) is 43.2 Å². The molecule has 0 spiro atoms. The van der Waals surface area contributed by atoms with E-state index in [1.165, 1.54) is 12.1 Å². The van der Waals surface area contributed by atoms with E-state index in [0.29, 0.717) is 12.0 Å². The highest BCUT2D eigenvalue weighted by Gasteiger charge is 2.33. The number of aromatic hydroxyl groups is 1. The highest BCUT2D eigenvalue weighted by atomic mass is 16.3. The van der Waals surface area contributed by atoms with Crippen LogP contribution in [0.4, 0.5) is 0 Å². The first-order valence-electron chi connectivity index (χ1n) is 17.0. The van der Waals surface area contributed by atoms with Crippen LogP contribution in [0.15, 0.2) is 90.1 Å². The molecule has 0 bridgehead atoms. The molecule has 1 aliphatic rings. The normalized spacial score (nSPS) is 20.3. The number of benzene rings is 3. The molecule has 1 aliphatic heterocycles. The van der Waals surface area contributed by atoms with E-state index in [2.05, 4.69) is 36.6 Å². The molecule has 0 radical (unpaired) electrons. The summed E-state index contributed by atoms with van der Waals surface area (Å²) in [6.45, 7) is -0.316. The van der Waals surface area contributed by atoms with Crippen LogP contribution in [0.1, 0.15) is 29.5 Å². The van der Waals surface area contributed by atoms with Gasteiger partial charge in [0.25, 0.3) is 0 Å². The summed E-state index contributed by atoms with van der Waals surface area (Å²) in [4.78, 5) is 76.0. The van der Waals surface area contributed by atoms with Gasteiger partial charge in [-0.3, -0.25) is 29.0 Å². The lowest BCUT2D eigenvalue weighted by Crippen LogP contribution is -2.58. The van der Waals surface area contributed by atoms with Gasteiger partial charge in [0.05, 0.1) is 6.54 Å². The number of nitrogens with two attached hydrogens (primary N) is 2. The minimum Gasteiger partial charge on any atom is -0.508 e. The molecule has 1 aromatic heterocycles. The number of fused-ring (bicyclic) bond motifs is 1. The van der Waals surface area contributed by atoms with E-state index in [4.69, 9.17) is 11.5 Å². The van der Waals surface area contributed by atoms with Crippen LogP contribution in [-0.4, -0.2) is 82.8 Å². The van der Waals surface area contributed by atoms with Gasteiger partial charge in [-0.05, 0) is 47.7 Å². The number of guanidine groups is 1. The van der Waals surface area contributed by atoms with Gasteiger partial charge in [-0.15, -0.1) is 0 Å². The summed E-state index contributed by atoms with van der Waals surface area (Å²) in [5.41, 5.74) is 13.9. The second-order valence-corrected chi connectivity index (χ2v) is 12.6. The summed E-state index contributed by atoms with van der Waals surface area (Å²) < 4.78 is 0. The molecule has 5 amide bonds. The fourth-order valence-electron chi connectivity index (χ4n) is 5.99. The van der Waals surface area contributed by atoms with Gasteiger partial charge in [0.1, 0.15) is 29.9 Å². The van der Waals surface area contributed by atoms with Crippen LogP contribution >= 0.6 is 0 Å². The number of phenolic OH excluding ortho intramolecular Hbond substituents is 1. The maximum atomic E-state index is 14.0. The number of para-hydroxylation sites is 1. The average Bonchev–Trinajstić information content (AvgIpc) is 3.54. The molecular formula is C37H43N9O6. The monoisotopic (exact) mass is 709 g/mol. The van der Waals surface area contributed by atoms with E-state index in [9.17, 15) is 29.1 Å². The third-order valence-electron chi connectivity index (χ3n) is 8.68. The van der Waals surface area contributed by atoms with Crippen molar-refractivity contribution in [1.29, 1.82) is 0 Å². The molecule has 4 atom stereocenters. The van der Waals surface area contributed by atoms with Crippen LogP contribution in [0.2, 0.25) is 0 Å². The second kappa shape index (κ2) is 17.5. The number of aromatic amines is 1. The number of hydrogen-bond donors (Lipinski definition) is 9. The van der Waals surface area contributed by atoms with Crippen LogP contribution in [0.25, 0.3) is 10.9 Å². The van der Waals surface area contributed by atoms with Gasteiger partial charge in [-0.1, -0.05) is 60.7 Å². The van der Waals surface area contributed by atoms with Crippen LogP contribution in [0, 0.1) is 0 Å². The Morgan fingerprint density at radius 3 is 1.94 bits per heavy atom. The van der Waals surface area contributed by atoms with Gasteiger partial charge >= 0.3 is 0 Å². The number of phenols is 1. The van der Waals surface area contributed by atoms with Gasteiger partial charge < -0.3 is 48.1 Å². The molecule has 1 fully saturated rings. The number of nitrogens with one attached hydrogen (secondary N) is 6. The fraction of sp³-hybridized carbons (Fsp3) is 0.297. The van der Waals surface area contributed by atoms with Gasteiger partial charge in [-0.2, -0.15) is 0 Å². The Morgan fingerprint density at radius 1 is 0.673 bits per heavy atom. The maximum absolute atomic E-state index is 14.0. The number of hydrogen-bond acceptors (Lipinski definition) is 7. The molecule has 52 heavy (non-hydrogen) atoms. The summed E-state index contributed by atoms with van der Waals surface area (Å²) in [6.07, 6.45) is 2.31. The van der Waals surface area contributed by atoms with Crippen molar-refractivity contribution in [3.05, 3.63) is 102 Å². The maximum Gasteiger partial charge on any atom is 0.243 e. The largest absolute Gasteiger partial charge is 0.508 e. The first-order valence-corrected chi connectivity index (χ1v) is 17.0. The number of carbonyl (C=O) groups is 5. The zero-order valence-corrected chi connectivity index (χ0v) is 28.4. The summed E-state index contributed by atoms with van der Waals surface area (Å²) in [5, 5.41) is 24.3. The van der Waals surface area contributed by atoms with Gasteiger partial charge in [-0.25, -0.2) is 0 Å². The lowest BCUT2D eigenvalue weighted by atomic mass is 10.0. The third kappa shape index (κ3) is 10.3. The van der Waals surface area contributed by atoms with Gasteiger partial charge in [0, 0.05) is 42.9 Å². The third-order valence-corrected chi connectivity index (χ3v) is 8.68. The SMILES string of the molecule is NC(N)=NCCCC1NC(=O)[C@H](Cc2ccccc2)NC(=O)[C@@H](Cc2ccc(O)cc2)NC(=O)CNC(=O)[C@@H](Cc2c[nH]c3ccccc23)NC1=O. The van der Waals surface area contributed by atoms with E-state index in [-0.39, 0.29) is 43.9 Å². The minimum atomic E-state index is -1.16. The number of rotatable bonds is 10. The molecule has 15 heteroatoms. The van der Waals surface area contributed by atoms with Crippen LogP contribution in [0.3, 0.4) is 0 Å². The van der Waals surface area contributed by atoms with Crippen LogP contribution in [0.5, 0.6) is 5.75 Å². The van der Waals surface area contributed by atoms with Crippen molar-refractivity contribution in [2.75, 3.05) is 13.1 Å². The van der Waals surface area contributed by atoms with Crippen molar-refractivity contribution < 1.29 is 29.1 Å². The average molecular weight is 710 g/mol. The first kappa shape index (κ1) is 36.9. The molecule has 3 aromatic carbocycles. The van der Waals surface area contributed by atoms with Crippen molar-refractivity contribution in [2.24, 2.45) is 16.5 Å². The second-order valence-electron chi connectivity index (χ2n) is 12.6. The highest BCUT2D eigenvalue weighted by molar-refractivity contribution is 5.97. The Morgan fingerprint density at radius 2 is 1.25 bits per heavy atom. The smallest absolute Gasteiger partial charge is 0.243 e. The van der Waals surface area contributed by atoms with Crippen LogP contribution < -0.4 is 38.1 Å². The lowest BCUT2D eigenvalue weighted by Gasteiger charge is -2.26. The number of H-pyrrole nitrogens is 1. The summed E-state index contributed by atoms with van der Waals surface area (Å²) in [5.74, 6) is -3.36. The zero-order valence-electron chi connectivity index (χ0n) is 28.4. The van der Waals surface area contributed by atoms with Gasteiger partial charge in [0.2, 0.25) is 29.5 Å². The lowest BCUT2D eigenvalue weighted by molar-refractivity contribution is -0.134. The molecule has 272 valence electrons. The molecule has 0 saturated carbocycles. The highest BCUT2D eigenvalue weighted by Crippen LogP contribution is 2.20. The number of aromatic nitrogens is 1. The van der Waals surface area contributed by atoms with E-state index in [1.54, 1.807) is 42.6 Å². The standard InChI is InChI=1S/C37H43N9O6/c38-37(39)40-16-6-11-28-34(50)46-31(19-24-20-41-27-10-5-4-9-26(24)27)33(49)42-21-32(48)43-29(18-23-12-14-25(47)15-13-23)35(51)45-30(36(52)44-28)17-22-7-2-1-3-8-22/h1-5,7-10,12-15,20,28-31,41,47H,6,11,16-19,21H2,(H,42,49)(H,43,48)(H,44,52)(H,45,51)(H,46,50)(H4,38,39,40)/t28?,29-,30+,31-/m1/s1. The van der Waals surface area contributed by atoms with E-state index in [1.807, 2.05) is 30.3 Å². The predicted molar refractivity (Wildman–Crippen MR) is 195 cm³/mol. The minimum absolute atomic E-state index is 0.0160. The quantitative estimate of drug-likeness (QED) is 0.0616. The Bertz CT molecular complexity index is 1910. The van der Waals surface area contributed by atoms with E-state index < -0.39 is 60.2 Å². The Hall–Kier alpha value is -6.38. The summed E-state index contributed by atoms with van der Waals surface area (Å²) >= 11 is 0. The Balaban J connectivity index is 1.48. The molecular weight excluding hydrogens is 666 g/mol. The summed E-state index contributed by atoms with van der Waals surface area (Å²) in [6, 6.07) is 18.0. The van der Waals surface area contributed by atoms with Crippen molar-refractivity contribution in [3.8, 4) is 5.75 Å². The van der Waals surface area contributed by atoms with Crippen molar-refractivity contribution in [1.82, 2.24) is 31.6 Å². The van der Waals surface area contributed by atoms with E-state index >= 15 is 0 Å². The van der Waals surface area contributed by atoms with E-state index in [0.717, 1.165) is 22.0 Å². The zero-order chi connectivity index (χ0) is 37.0. The number of amides is 5. The molecule has 15 nitrogen and oxygen atoms in total. The summed E-state index contributed by atoms with van der Waals surface area (Å²) in [7, 11) is 0. The number of nitrogens with zero attached hydrogens (tertiary/aromatic N) is 1. The number of aliphatic imine (C=N–C) groups is 1. The Labute approximate surface area is 300 Å². The molecule has 11 N–H and O–H groups in total. The topological polar surface area (TPSA) is 246 Å².